The van der Waals surface area contributed by atoms with Crippen molar-refractivity contribution in [3.63, 3.8) is 0 Å². The molecule has 1 saturated heterocycles. The molecule has 3 aromatic rings. The van der Waals surface area contributed by atoms with E-state index in [0.717, 1.165) is 50.7 Å². The van der Waals surface area contributed by atoms with Gasteiger partial charge in [0.1, 0.15) is 5.82 Å². The highest BCUT2D eigenvalue weighted by atomic mass is 15.3. The molecule has 3 heterocycles. The van der Waals surface area contributed by atoms with Gasteiger partial charge in [0.2, 0.25) is 0 Å². The van der Waals surface area contributed by atoms with Crippen LogP contribution >= 0.6 is 0 Å². The first-order valence-electron chi connectivity index (χ1n) is 9.31. The molecule has 1 aromatic carbocycles. The topological polar surface area (TPSA) is 51.8 Å². The molecule has 1 fully saturated rings. The van der Waals surface area contributed by atoms with E-state index in [9.17, 15) is 0 Å². The first-order chi connectivity index (χ1) is 12.7. The zero-order valence-corrected chi connectivity index (χ0v) is 15.5. The van der Waals surface area contributed by atoms with Crippen LogP contribution in [0.4, 0.5) is 0 Å². The fourth-order valence-electron chi connectivity index (χ4n) is 3.83. The molecule has 26 heavy (non-hydrogen) atoms. The highest BCUT2D eigenvalue weighted by Crippen LogP contribution is 2.27. The van der Waals surface area contributed by atoms with Crippen molar-refractivity contribution in [2.24, 2.45) is 7.05 Å². The Morgan fingerprint density at radius 2 is 1.96 bits per heavy atom. The van der Waals surface area contributed by atoms with Gasteiger partial charge in [-0.2, -0.15) is 0 Å². The van der Waals surface area contributed by atoms with Gasteiger partial charge in [-0.05, 0) is 38.4 Å². The molecule has 136 valence electrons. The minimum absolute atomic E-state index is 0.498. The zero-order valence-electron chi connectivity index (χ0n) is 15.5. The zero-order chi connectivity index (χ0) is 17.9. The summed E-state index contributed by atoms with van der Waals surface area (Å²) in [7, 11) is 2.08. The van der Waals surface area contributed by atoms with Gasteiger partial charge in [0.15, 0.2) is 5.82 Å². The molecule has 0 aliphatic carbocycles. The predicted molar refractivity (Wildman–Crippen MR) is 101 cm³/mol. The maximum absolute atomic E-state index is 4.50. The Hall–Kier alpha value is -2.47. The molecule has 6 nitrogen and oxygen atoms in total. The highest BCUT2D eigenvalue weighted by molar-refractivity contribution is 5.22. The van der Waals surface area contributed by atoms with Gasteiger partial charge in [-0.3, -0.25) is 4.90 Å². The Balaban J connectivity index is 1.37. The van der Waals surface area contributed by atoms with Gasteiger partial charge < -0.3 is 9.13 Å². The summed E-state index contributed by atoms with van der Waals surface area (Å²) in [6.45, 7) is 6.14. The van der Waals surface area contributed by atoms with E-state index in [-0.39, 0.29) is 0 Å². The maximum atomic E-state index is 4.50. The second-order valence-corrected chi connectivity index (χ2v) is 7.31. The minimum Gasteiger partial charge on any atom is -0.330 e. The Kier molecular flexibility index (Phi) is 4.84. The molecule has 0 unspecified atom stereocenters. The summed E-state index contributed by atoms with van der Waals surface area (Å²) in [5.41, 5.74) is 2.74. The number of aromatic nitrogens is 5. The monoisotopic (exact) mass is 350 g/mol. The lowest BCUT2D eigenvalue weighted by Gasteiger charge is -2.31. The van der Waals surface area contributed by atoms with Crippen LogP contribution in [0.3, 0.4) is 0 Å². The number of rotatable bonds is 5. The second-order valence-electron chi connectivity index (χ2n) is 7.31. The maximum Gasteiger partial charge on any atom is 0.152 e. The molecule has 0 amide bonds. The van der Waals surface area contributed by atoms with Crippen molar-refractivity contribution in [3.8, 4) is 0 Å². The standard InChI is InChI=1S/C20H26N6/c1-16-4-3-5-17(12-16)13-25-9-6-18(7-10-25)20-23-22-19(24(20)2)14-26-11-8-21-15-26/h3-5,8,11-12,15,18H,6-7,9-10,13-14H2,1-2H3. The van der Waals surface area contributed by atoms with E-state index < -0.39 is 0 Å². The number of nitrogens with zero attached hydrogens (tertiary/aromatic N) is 6. The molecule has 0 bridgehead atoms. The van der Waals surface area contributed by atoms with E-state index >= 15 is 0 Å². The number of hydrogen-bond acceptors (Lipinski definition) is 4. The lowest BCUT2D eigenvalue weighted by atomic mass is 9.95. The molecule has 6 heteroatoms. The fraction of sp³-hybridized carbons (Fsp3) is 0.450. The Morgan fingerprint density at radius 1 is 1.12 bits per heavy atom. The van der Waals surface area contributed by atoms with Gasteiger partial charge in [0, 0.05) is 31.9 Å². The van der Waals surface area contributed by atoms with Gasteiger partial charge in [-0.1, -0.05) is 29.8 Å². The van der Waals surface area contributed by atoms with Crippen LogP contribution in [0.25, 0.3) is 0 Å². The van der Waals surface area contributed by atoms with Crippen molar-refractivity contribution in [1.29, 1.82) is 0 Å². The van der Waals surface area contributed by atoms with Crippen LogP contribution in [0.2, 0.25) is 0 Å². The molecular formula is C20H26N6. The van der Waals surface area contributed by atoms with Crippen LogP contribution in [0.15, 0.2) is 43.0 Å². The van der Waals surface area contributed by atoms with Gasteiger partial charge in [0.05, 0.1) is 12.9 Å². The lowest BCUT2D eigenvalue weighted by molar-refractivity contribution is 0.200. The molecule has 1 aliphatic rings. The molecular weight excluding hydrogens is 324 g/mol. The number of aryl methyl sites for hydroxylation is 1. The van der Waals surface area contributed by atoms with Gasteiger partial charge in [-0.15, -0.1) is 10.2 Å². The number of hydrogen-bond donors (Lipinski definition) is 0. The van der Waals surface area contributed by atoms with Crippen LogP contribution in [0.1, 0.15) is 41.5 Å². The lowest BCUT2D eigenvalue weighted by Crippen LogP contribution is -2.33. The molecule has 2 aromatic heterocycles. The van der Waals surface area contributed by atoms with E-state index in [1.165, 1.54) is 11.1 Å². The number of piperidine rings is 1. The van der Waals surface area contributed by atoms with Crippen LogP contribution in [-0.2, 0) is 20.1 Å². The van der Waals surface area contributed by atoms with Crippen molar-refractivity contribution in [2.75, 3.05) is 13.1 Å². The fourth-order valence-corrected chi connectivity index (χ4v) is 3.83. The Morgan fingerprint density at radius 3 is 2.69 bits per heavy atom. The Bertz CT molecular complexity index is 843. The normalized spacial score (nSPS) is 16.2. The van der Waals surface area contributed by atoms with Crippen molar-refractivity contribution in [1.82, 2.24) is 29.2 Å². The quantitative estimate of drug-likeness (QED) is 0.710. The van der Waals surface area contributed by atoms with Crippen LogP contribution in [0, 0.1) is 6.92 Å². The van der Waals surface area contributed by atoms with E-state index in [0.29, 0.717) is 5.92 Å². The number of imidazole rings is 1. The molecule has 1 aliphatic heterocycles. The summed E-state index contributed by atoms with van der Waals surface area (Å²) < 4.78 is 4.19. The van der Waals surface area contributed by atoms with Gasteiger partial charge >= 0.3 is 0 Å². The average molecular weight is 350 g/mol. The van der Waals surface area contributed by atoms with Crippen molar-refractivity contribution < 1.29 is 0 Å². The molecule has 4 rings (SSSR count). The SMILES string of the molecule is Cc1cccc(CN2CCC(c3nnc(Cn4ccnc4)n3C)CC2)c1. The summed E-state index contributed by atoms with van der Waals surface area (Å²) in [5.74, 6) is 2.60. The number of benzene rings is 1. The first kappa shape index (κ1) is 17.0. The van der Waals surface area contributed by atoms with Gasteiger partial charge in [0.25, 0.3) is 0 Å². The summed E-state index contributed by atoms with van der Waals surface area (Å²) >= 11 is 0. The minimum atomic E-state index is 0.498. The van der Waals surface area contributed by atoms with Crippen molar-refractivity contribution in [2.45, 2.75) is 38.8 Å². The molecule has 0 atom stereocenters. The van der Waals surface area contributed by atoms with Crippen LogP contribution in [-0.4, -0.2) is 42.3 Å². The first-order valence-corrected chi connectivity index (χ1v) is 9.31. The van der Waals surface area contributed by atoms with E-state index in [2.05, 4.69) is 62.9 Å². The van der Waals surface area contributed by atoms with E-state index in [1.54, 1.807) is 6.20 Å². The summed E-state index contributed by atoms with van der Waals surface area (Å²) in [4.78, 5) is 6.64. The largest absolute Gasteiger partial charge is 0.330 e. The van der Waals surface area contributed by atoms with Crippen LogP contribution < -0.4 is 0 Å². The average Bonchev–Trinajstić information content (AvgIpc) is 3.27. The van der Waals surface area contributed by atoms with Crippen molar-refractivity contribution >= 4 is 0 Å². The third-order valence-electron chi connectivity index (χ3n) is 5.32. The smallest absolute Gasteiger partial charge is 0.152 e. The summed E-state index contributed by atoms with van der Waals surface area (Å²) in [6.07, 6.45) is 7.85. The van der Waals surface area contributed by atoms with E-state index in [1.807, 2.05) is 17.1 Å². The van der Waals surface area contributed by atoms with Crippen LogP contribution in [0.5, 0.6) is 0 Å². The van der Waals surface area contributed by atoms with Gasteiger partial charge in [-0.25, -0.2) is 4.98 Å². The van der Waals surface area contributed by atoms with E-state index in [4.69, 9.17) is 0 Å². The summed E-state index contributed by atoms with van der Waals surface area (Å²) in [5, 5.41) is 8.91. The molecule has 0 radical (unpaired) electrons. The molecule has 0 spiro atoms. The Labute approximate surface area is 154 Å². The molecule has 0 saturated carbocycles. The van der Waals surface area contributed by atoms with Crippen molar-refractivity contribution in [3.05, 3.63) is 65.8 Å². The third kappa shape index (κ3) is 3.70. The second kappa shape index (κ2) is 7.41. The number of likely N-dealkylation sites (tertiary alicyclic amines) is 1. The predicted octanol–water partition coefficient (Wildman–Crippen LogP) is 2.75. The molecule has 0 N–H and O–H groups in total. The summed E-state index contributed by atoms with van der Waals surface area (Å²) in [6, 6.07) is 8.82. The third-order valence-corrected chi connectivity index (χ3v) is 5.32. The highest BCUT2D eigenvalue weighted by Gasteiger charge is 2.25.